The van der Waals surface area contributed by atoms with E-state index in [9.17, 15) is 0 Å². The second-order valence-electron chi connectivity index (χ2n) is 0.447. The predicted octanol–water partition coefficient (Wildman–Crippen LogP) is -5.44. The number of quaternary nitrogens is 1. The lowest BCUT2D eigenvalue weighted by molar-refractivity contribution is -0.432. The molecule has 0 amide bonds. The summed E-state index contributed by atoms with van der Waals surface area (Å²) in [5, 5.41) is 0. The van der Waals surface area contributed by atoms with E-state index in [0.717, 1.165) is 0 Å². The van der Waals surface area contributed by atoms with Crippen LogP contribution in [-0.4, -0.2) is 0 Å². The van der Waals surface area contributed by atoms with Crippen LogP contribution in [0.2, 0.25) is 0 Å². The Morgan fingerprint density at radius 1 is 1.14 bits per heavy atom. The van der Waals surface area contributed by atoms with Crippen molar-refractivity contribution in [3.05, 3.63) is 0 Å². The third-order valence-electron chi connectivity index (χ3n) is 0. The fourth-order valence-corrected chi connectivity index (χ4v) is 0. The average molecular weight is 148 g/mol. The molecule has 0 saturated heterocycles. The molecule has 0 bridgehead atoms. The van der Waals surface area contributed by atoms with Crippen LogP contribution in [0, 0.1) is 0 Å². The highest BCUT2D eigenvalue weighted by Crippen LogP contribution is 2.03. The SMILES string of the molecule is O=P([O-])([O-])[O-].[Cl-].[NH4+]. The lowest BCUT2D eigenvalue weighted by Gasteiger charge is -2.36. The summed E-state index contributed by atoms with van der Waals surface area (Å²) in [4.78, 5) is 25.6. The molecular formula is H4ClNO4P-3. The molecule has 0 aliphatic heterocycles. The molecule has 0 saturated carbocycles. The van der Waals surface area contributed by atoms with E-state index in [1.54, 1.807) is 0 Å². The van der Waals surface area contributed by atoms with Crippen LogP contribution in [0.3, 0.4) is 0 Å². The van der Waals surface area contributed by atoms with E-state index in [2.05, 4.69) is 0 Å². The van der Waals surface area contributed by atoms with Crippen LogP contribution in [0.25, 0.3) is 0 Å². The highest BCUT2D eigenvalue weighted by atomic mass is 35.5. The highest BCUT2D eigenvalue weighted by molar-refractivity contribution is 7.40. The van der Waals surface area contributed by atoms with Gasteiger partial charge in [0.15, 0.2) is 0 Å². The summed E-state index contributed by atoms with van der Waals surface area (Å²) in [5.74, 6) is 0. The normalized spacial score (nSPS) is 8.43. The molecule has 0 rings (SSSR count). The van der Waals surface area contributed by atoms with Gasteiger partial charge in [0.05, 0.1) is 0 Å². The van der Waals surface area contributed by atoms with Gasteiger partial charge in [-0.15, -0.1) is 0 Å². The maximum Gasteiger partial charge on any atom is -0.159 e. The van der Waals surface area contributed by atoms with Gasteiger partial charge < -0.3 is 37.8 Å². The van der Waals surface area contributed by atoms with E-state index < -0.39 is 7.82 Å². The first-order valence-electron chi connectivity index (χ1n) is 0.730. The molecular weight excluding hydrogens is 144 g/mol. The van der Waals surface area contributed by atoms with Crippen molar-refractivity contribution in [1.82, 2.24) is 6.15 Å². The first-order valence-corrected chi connectivity index (χ1v) is 2.19. The Hall–Kier alpha value is 0.360. The molecule has 0 aromatic carbocycles. The zero-order valence-corrected chi connectivity index (χ0v) is 5.11. The van der Waals surface area contributed by atoms with Gasteiger partial charge in [-0.2, -0.15) is 7.82 Å². The van der Waals surface area contributed by atoms with Crippen LogP contribution in [0.5, 0.6) is 0 Å². The lowest BCUT2D eigenvalue weighted by Crippen LogP contribution is -3.00. The summed E-state index contributed by atoms with van der Waals surface area (Å²) >= 11 is 0. The van der Waals surface area contributed by atoms with Gasteiger partial charge in [0.2, 0.25) is 0 Å². The highest BCUT2D eigenvalue weighted by Gasteiger charge is 1.44. The number of phosphoric acid groups is 1. The average Bonchev–Trinajstić information content (AvgIpc) is 0.722. The minimum absolute atomic E-state index is 0. The van der Waals surface area contributed by atoms with E-state index in [1.165, 1.54) is 0 Å². The topological polar surface area (TPSA) is 123 Å². The molecule has 0 aliphatic carbocycles. The summed E-state index contributed by atoms with van der Waals surface area (Å²) < 4.78 is 8.55. The fourth-order valence-electron chi connectivity index (χ4n) is 0. The number of rotatable bonds is 0. The van der Waals surface area contributed by atoms with Crippen LogP contribution in [0.15, 0.2) is 0 Å². The molecule has 0 unspecified atom stereocenters. The smallest absolute Gasteiger partial charge is 0.159 e. The molecule has 0 aromatic heterocycles. The zero-order chi connectivity index (χ0) is 4.50. The molecule has 0 spiro atoms. The first-order chi connectivity index (χ1) is 2.00. The summed E-state index contributed by atoms with van der Waals surface area (Å²) in [7, 11) is -5.39. The van der Waals surface area contributed by atoms with Crippen molar-refractivity contribution in [2.24, 2.45) is 0 Å². The Balaban J connectivity index is -0.0000000800. The van der Waals surface area contributed by atoms with Gasteiger partial charge in [0.1, 0.15) is 0 Å². The van der Waals surface area contributed by atoms with E-state index in [4.69, 9.17) is 19.2 Å². The number of hydrogen-bond acceptors (Lipinski definition) is 4. The van der Waals surface area contributed by atoms with Crippen LogP contribution >= 0.6 is 7.82 Å². The Labute approximate surface area is 46.6 Å². The maximum atomic E-state index is 8.55. The van der Waals surface area contributed by atoms with Crippen molar-refractivity contribution in [3.8, 4) is 0 Å². The van der Waals surface area contributed by atoms with Crippen molar-refractivity contribution in [2.45, 2.75) is 0 Å². The first kappa shape index (κ1) is 15.7. The number of hydrogen-bond donors (Lipinski definition) is 1. The fraction of sp³-hybridized carbons (Fsp3) is 0. The van der Waals surface area contributed by atoms with E-state index in [-0.39, 0.29) is 18.6 Å². The minimum atomic E-state index is -5.39. The molecule has 0 fully saturated rings. The Morgan fingerprint density at radius 3 is 1.14 bits per heavy atom. The monoisotopic (exact) mass is 148 g/mol. The van der Waals surface area contributed by atoms with Crippen LogP contribution in [0.4, 0.5) is 0 Å². The van der Waals surface area contributed by atoms with Gasteiger partial charge in [-0.05, 0) is 0 Å². The number of halogens is 1. The second-order valence-corrected chi connectivity index (χ2v) is 1.34. The Bertz CT molecular complexity index is 57.8. The van der Waals surface area contributed by atoms with Gasteiger partial charge in [-0.1, -0.05) is 0 Å². The third kappa shape index (κ3) is 933. The van der Waals surface area contributed by atoms with Crippen LogP contribution in [0.1, 0.15) is 0 Å². The van der Waals surface area contributed by atoms with E-state index in [1.807, 2.05) is 0 Å². The van der Waals surface area contributed by atoms with E-state index in [0.29, 0.717) is 0 Å². The van der Waals surface area contributed by atoms with Crippen molar-refractivity contribution < 1.29 is 31.7 Å². The van der Waals surface area contributed by atoms with Crippen LogP contribution in [-0.2, 0) is 4.57 Å². The standard InChI is InChI=1S/ClH.H3N.H3O4P/c;;1-5(2,3)4/h1H;1H3;(H3,1,2,3,4)/p-3. The molecule has 7 heteroatoms. The van der Waals surface area contributed by atoms with Crippen molar-refractivity contribution >= 4 is 7.82 Å². The summed E-state index contributed by atoms with van der Waals surface area (Å²) in [6.45, 7) is 0. The minimum Gasteiger partial charge on any atom is -1.00 e. The molecule has 7 heavy (non-hydrogen) atoms. The zero-order valence-electron chi connectivity index (χ0n) is 3.46. The molecule has 0 aliphatic rings. The van der Waals surface area contributed by atoms with Crippen molar-refractivity contribution in [1.29, 1.82) is 0 Å². The van der Waals surface area contributed by atoms with Gasteiger partial charge in [0, 0.05) is 0 Å². The van der Waals surface area contributed by atoms with Crippen molar-refractivity contribution in [3.63, 3.8) is 0 Å². The summed E-state index contributed by atoms with van der Waals surface area (Å²) in [5.41, 5.74) is 0. The predicted molar refractivity (Wildman–Crippen MR) is 13.6 cm³/mol. The third-order valence-corrected chi connectivity index (χ3v) is 0. The summed E-state index contributed by atoms with van der Waals surface area (Å²) in [6, 6.07) is 0. The van der Waals surface area contributed by atoms with Crippen molar-refractivity contribution in [2.75, 3.05) is 0 Å². The molecule has 0 heterocycles. The molecule has 5 nitrogen and oxygen atoms in total. The second kappa shape index (κ2) is 4.52. The van der Waals surface area contributed by atoms with Gasteiger partial charge in [-0.3, -0.25) is 0 Å². The quantitative estimate of drug-likeness (QED) is 0.344. The largest absolute Gasteiger partial charge is 1.00 e. The lowest BCUT2D eigenvalue weighted by atomic mass is 14.0. The Morgan fingerprint density at radius 2 is 1.14 bits per heavy atom. The maximum absolute atomic E-state index is 8.55. The molecule has 0 aromatic rings. The molecule has 48 valence electrons. The van der Waals surface area contributed by atoms with E-state index >= 15 is 0 Å². The van der Waals surface area contributed by atoms with Gasteiger partial charge in [-0.25, -0.2) is 0 Å². The molecule has 4 N–H and O–H groups in total. The van der Waals surface area contributed by atoms with Crippen LogP contribution < -0.4 is 33.2 Å². The summed E-state index contributed by atoms with van der Waals surface area (Å²) in [6.07, 6.45) is 0. The Kier molecular flexibility index (Phi) is 10.1. The molecule has 0 radical (unpaired) electrons. The van der Waals surface area contributed by atoms with Gasteiger partial charge in [0.25, 0.3) is 0 Å². The van der Waals surface area contributed by atoms with Gasteiger partial charge >= 0.3 is 0 Å². The molecule has 0 atom stereocenters.